The van der Waals surface area contributed by atoms with Crippen molar-refractivity contribution in [3.8, 4) is 0 Å². The number of fused-ring (bicyclic) bond motifs is 1. The number of aromatic nitrogens is 1. The summed E-state index contributed by atoms with van der Waals surface area (Å²) in [6.45, 7) is 4.09. The van der Waals surface area contributed by atoms with Crippen LogP contribution >= 0.6 is 11.6 Å². The van der Waals surface area contributed by atoms with Gasteiger partial charge in [0.25, 0.3) is 5.91 Å². The number of hydrogen-bond donors (Lipinski definition) is 1. The number of benzene rings is 2. The second kappa shape index (κ2) is 8.35. The van der Waals surface area contributed by atoms with Gasteiger partial charge in [-0.3, -0.25) is 9.78 Å². The average molecular weight is 414 g/mol. The Morgan fingerprint density at radius 3 is 2.66 bits per heavy atom. The molecule has 1 saturated heterocycles. The molecular weight excluding hydrogens is 393 g/mol. The Balaban J connectivity index is 1.76. The van der Waals surface area contributed by atoms with E-state index in [9.17, 15) is 9.18 Å². The van der Waals surface area contributed by atoms with Gasteiger partial charge in [-0.25, -0.2) is 4.39 Å². The topological polar surface area (TPSA) is 54.5 Å². The summed E-state index contributed by atoms with van der Waals surface area (Å²) in [4.78, 5) is 19.5. The molecule has 5 nitrogen and oxygen atoms in total. The third kappa shape index (κ3) is 4.18. The molecule has 1 fully saturated rings. The maximum absolute atomic E-state index is 13.3. The van der Waals surface area contributed by atoms with E-state index in [2.05, 4.69) is 10.3 Å². The number of amides is 1. The highest BCUT2D eigenvalue weighted by Crippen LogP contribution is 2.32. The van der Waals surface area contributed by atoms with Gasteiger partial charge in [0, 0.05) is 35.7 Å². The third-order valence-corrected chi connectivity index (χ3v) is 5.32. The molecule has 0 aliphatic carbocycles. The first-order chi connectivity index (χ1) is 14.0. The van der Waals surface area contributed by atoms with Crippen LogP contribution < -0.4 is 5.32 Å². The summed E-state index contributed by atoms with van der Waals surface area (Å²) < 4.78 is 18.7. The maximum Gasteiger partial charge on any atom is 0.257 e. The second-order valence-corrected chi connectivity index (χ2v) is 7.47. The summed E-state index contributed by atoms with van der Waals surface area (Å²) in [6, 6.07) is 11.6. The van der Waals surface area contributed by atoms with Gasteiger partial charge in [0.15, 0.2) is 0 Å². The minimum atomic E-state index is -0.287. The molecule has 29 heavy (non-hydrogen) atoms. The van der Waals surface area contributed by atoms with E-state index in [0.29, 0.717) is 42.6 Å². The van der Waals surface area contributed by atoms with Crippen molar-refractivity contribution >= 4 is 34.1 Å². The van der Waals surface area contributed by atoms with Gasteiger partial charge in [-0.2, -0.15) is 0 Å². The van der Waals surface area contributed by atoms with Gasteiger partial charge in [0.05, 0.1) is 30.0 Å². The first-order valence-electron chi connectivity index (χ1n) is 9.50. The fourth-order valence-electron chi connectivity index (χ4n) is 3.47. The van der Waals surface area contributed by atoms with Gasteiger partial charge in [0.2, 0.25) is 0 Å². The number of nitrogens with one attached hydrogen (secondary N) is 1. The Kier molecular flexibility index (Phi) is 5.65. The molecule has 0 saturated carbocycles. The minimum absolute atomic E-state index is 0.100. The van der Waals surface area contributed by atoms with Crippen LogP contribution in [0.15, 0.2) is 48.7 Å². The monoisotopic (exact) mass is 413 g/mol. The van der Waals surface area contributed by atoms with E-state index in [1.165, 1.54) is 12.1 Å². The SMILES string of the molecule is C[C@@H](Nc1c(C(=O)N2CCOCC2)cnc2ccc(Cl)cc12)c1ccc(F)cc1. The molecule has 1 N–H and O–H groups in total. The summed E-state index contributed by atoms with van der Waals surface area (Å²) in [5.74, 6) is -0.387. The van der Waals surface area contributed by atoms with Gasteiger partial charge >= 0.3 is 0 Å². The molecule has 150 valence electrons. The molecule has 1 atom stereocenters. The normalized spacial score (nSPS) is 15.3. The number of carbonyl (C=O) groups excluding carboxylic acids is 1. The van der Waals surface area contributed by atoms with E-state index >= 15 is 0 Å². The Hall–Kier alpha value is -2.70. The summed E-state index contributed by atoms with van der Waals surface area (Å²) in [5.41, 5.74) is 2.80. The molecule has 2 aromatic carbocycles. The molecule has 0 unspecified atom stereocenters. The number of morpholine rings is 1. The zero-order valence-corrected chi connectivity index (χ0v) is 16.7. The molecule has 1 aliphatic heterocycles. The Morgan fingerprint density at radius 2 is 1.93 bits per heavy atom. The van der Waals surface area contributed by atoms with Crippen LogP contribution in [-0.2, 0) is 4.74 Å². The van der Waals surface area contributed by atoms with Crippen LogP contribution in [0.1, 0.15) is 28.9 Å². The van der Waals surface area contributed by atoms with E-state index < -0.39 is 0 Å². The number of pyridine rings is 1. The van der Waals surface area contributed by atoms with E-state index in [1.807, 2.05) is 13.0 Å². The lowest BCUT2D eigenvalue weighted by molar-refractivity contribution is 0.0303. The molecule has 1 aliphatic rings. The van der Waals surface area contributed by atoms with E-state index in [4.69, 9.17) is 16.3 Å². The Labute approximate surface area is 173 Å². The predicted molar refractivity (Wildman–Crippen MR) is 112 cm³/mol. The highest BCUT2D eigenvalue weighted by molar-refractivity contribution is 6.31. The van der Waals surface area contributed by atoms with Crippen LogP contribution in [0.4, 0.5) is 10.1 Å². The number of anilines is 1. The van der Waals surface area contributed by atoms with Crippen molar-refractivity contribution in [2.45, 2.75) is 13.0 Å². The highest BCUT2D eigenvalue weighted by atomic mass is 35.5. The molecule has 0 radical (unpaired) electrons. The van der Waals surface area contributed by atoms with Crippen molar-refractivity contribution in [2.24, 2.45) is 0 Å². The zero-order chi connectivity index (χ0) is 20.4. The lowest BCUT2D eigenvalue weighted by atomic mass is 10.0. The molecular formula is C22H21ClFN3O2. The Bertz CT molecular complexity index is 1040. The summed E-state index contributed by atoms with van der Waals surface area (Å²) in [7, 11) is 0. The lowest BCUT2D eigenvalue weighted by Gasteiger charge is -2.28. The van der Waals surface area contributed by atoms with Crippen molar-refractivity contribution in [1.29, 1.82) is 0 Å². The standard InChI is InChI=1S/C22H21ClFN3O2/c1-14(15-2-5-17(24)6-3-15)26-21-18-12-16(23)4-7-20(18)25-13-19(21)22(28)27-8-10-29-11-9-27/h2-7,12-14H,8-11H2,1H3,(H,25,26)/t14-/m1/s1. The predicted octanol–water partition coefficient (Wildman–Crippen LogP) is 4.67. The molecule has 3 aromatic rings. The van der Waals surface area contributed by atoms with Crippen LogP contribution in [-0.4, -0.2) is 42.1 Å². The van der Waals surface area contributed by atoms with Gasteiger partial charge in [-0.05, 0) is 42.8 Å². The van der Waals surface area contributed by atoms with Crippen molar-refractivity contribution in [3.63, 3.8) is 0 Å². The second-order valence-electron chi connectivity index (χ2n) is 7.03. The minimum Gasteiger partial charge on any atom is -0.378 e. The maximum atomic E-state index is 13.3. The molecule has 0 spiro atoms. The van der Waals surface area contributed by atoms with Crippen molar-refractivity contribution in [3.05, 3.63) is 70.6 Å². The van der Waals surface area contributed by atoms with Gasteiger partial charge < -0.3 is 15.0 Å². The quantitative estimate of drug-likeness (QED) is 0.675. The fraction of sp³-hybridized carbons (Fsp3) is 0.273. The number of rotatable bonds is 4. The number of carbonyl (C=O) groups is 1. The van der Waals surface area contributed by atoms with Crippen LogP contribution in [0.2, 0.25) is 5.02 Å². The van der Waals surface area contributed by atoms with Crippen LogP contribution in [0.5, 0.6) is 0 Å². The number of halogens is 2. The molecule has 2 heterocycles. The molecule has 1 amide bonds. The van der Waals surface area contributed by atoms with E-state index in [0.717, 1.165) is 16.5 Å². The summed E-state index contributed by atoms with van der Waals surface area (Å²) in [5, 5.41) is 4.77. The van der Waals surface area contributed by atoms with Gasteiger partial charge in [-0.1, -0.05) is 23.7 Å². The fourth-order valence-corrected chi connectivity index (χ4v) is 3.64. The van der Waals surface area contributed by atoms with Crippen molar-refractivity contribution in [2.75, 3.05) is 31.6 Å². The first kappa shape index (κ1) is 19.6. The van der Waals surface area contributed by atoms with E-state index in [-0.39, 0.29) is 17.8 Å². The largest absolute Gasteiger partial charge is 0.378 e. The molecule has 1 aromatic heterocycles. The zero-order valence-electron chi connectivity index (χ0n) is 16.0. The van der Waals surface area contributed by atoms with Gasteiger partial charge in [0.1, 0.15) is 5.82 Å². The number of hydrogen-bond acceptors (Lipinski definition) is 4. The van der Waals surface area contributed by atoms with Crippen molar-refractivity contribution < 1.29 is 13.9 Å². The van der Waals surface area contributed by atoms with Gasteiger partial charge in [-0.15, -0.1) is 0 Å². The average Bonchev–Trinajstić information content (AvgIpc) is 2.74. The number of nitrogens with zero attached hydrogens (tertiary/aromatic N) is 2. The van der Waals surface area contributed by atoms with E-state index in [1.54, 1.807) is 35.4 Å². The summed E-state index contributed by atoms with van der Waals surface area (Å²) in [6.07, 6.45) is 1.60. The number of ether oxygens (including phenoxy) is 1. The lowest BCUT2D eigenvalue weighted by Crippen LogP contribution is -2.41. The Morgan fingerprint density at radius 1 is 1.21 bits per heavy atom. The van der Waals surface area contributed by atoms with Crippen LogP contribution in [0.3, 0.4) is 0 Å². The highest BCUT2D eigenvalue weighted by Gasteiger charge is 2.24. The smallest absolute Gasteiger partial charge is 0.257 e. The first-order valence-corrected chi connectivity index (χ1v) is 9.88. The van der Waals surface area contributed by atoms with Crippen LogP contribution in [0.25, 0.3) is 10.9 Å². The van der Waals surface area contributed by atoms with Crippen LogP contribution in [0, 0.1) is 5.82 Å². The molecule has 7 heteroatoms. The third-order valence-electron chi connectivity index (χ3n) is 5.09. The molecule has 4 rings (SSSR count). The summed E-state index contributed by atoms with van der Waals surface area (Å²) >= 11 is 6.23. The molecule has 0 bridgehead atoms. The van der Waals surface area contributed by atoms with Crippen molar-refractivity contribution in [1.82, 2.24) is 9.88 Å².